The van der Waals surface area contributed by atoms with Crippen molar-refractivity contribution in [1.82, 2.24) is 20.2 Å². The second-order valence-electron chi connectivity index (χ2n) is 10.3. The molecule has 2 amide bonds. The van der Waals surface area contributed by atoms with E-state index in [0.717, 1.165) is 49.9 Å². The van der Waals surface area contributed by atoms with Crippen LogP contribution in [0.1, 0.15) is 86.0 Å². The van der Waals surface area contributed by atoms with Gasteiger partial charge in [-0.3, -0.25) is 14.6 Å². The van der Waals surface area contributed by atoms with E-state index in [2.05, 4.69) is 25.4 Å². The van der Waals surface area contributed by atoms with E-state index in [-0.39, 0.29) is 35.2 Å². The van der Waals surface area contributed by atoms with E-state index in [1.165, 1.54) is 6.42 Å². The maximum atomic E-state index is 13.6. The highest BCUT2D eigenvalue weighted by Crippen LogP contribution is 2.41. The lowest BCUT2D eigenvalue weighted by Crippen LogP contribution is -2.38. The van der Waals surface area contributed by atoms with Gasteiger partial charge in [-0.25, -0.2) is 9.83 Å². The third-order valence-corrected chi connectivity index (χ3v) is 7.83. The SMILES string of the molecule is [C-]#[N+]c1c(-c2sc(C(=O)NCC(C)(C)O)nc2C(=O)N2CCC[C@@H]2C)ccnc1NC1CCCCC1. The molecule has 9 nitrogen and oxygen atoms in total. The summed E-state index contributed by atoms with van der Waals surface area (Å²) in [6.07, 6.45) is 9.06. The lowest BCUT2D eigenvalue weighted by Gasteiger charge is -2.24. The van der Waals surface area contributed by atoms with Crippen LogP contribution >= 0.6 is 11.3 Å². The molecular weight excluding hydrogens is 476 g/mol. The predicted molar refractivity (Wildman–Crippen MR) is 140 cm³/mol. The highest BCUT2D eigenvalue weighted by molar-refractivity contribution is 7.17. The molecule has 1 saturated heterocycles. The summed E-state index contributed by atoms with van der Waals surface area (Å²) in [6.45, 7) is 13.8. The van der Waals surface area contributed by atoms with Gasteiger partial charge in [0.05, 0.1) is 17.1 Å². The topological polar surface area (TPSA) is 112 Å². The van der Waals surface area contributed by atoms with E-state index in [4.69, 9.17) is 6.57 Å². The summed E-state index contributed by atoms with van der Waals surface area (Å²) in [7, 11) is 0. The number of amides is 2. The molecule has 2 aromatic rings. The van der Waals surface area contributed by atoms with E-state index in [1.807, 2.05) is 6.92 Å². The van der Waals surface area contributed by atoms with Crippen molar-refractivity contribution in [3.05, 3.63) is 34.4 Å². The molecule has 4 rings (SSSR count). The summed E-state index contributed by atoms with van der Waals surface area (Å²) in [5, 5.41) is 16.3. The van der Waals surface area contributed by atoms with Crippen LogP contribution in [0.2, 0.25) is 0 Å². The fraction of sp³-hybridized carbons (Fsp3) is 0.577. The number of rotatable bonds is 7. The zero-order valence-electron chi connectivity index (χ0n) is 21.1. The van der Waals surface area contributed by atoms with E-state index in [9.17, 15) is 14.7 Å². The van der Waals surface area contributed by atoms with Crippen LogP contribution in [0.4, 0.5) is 11.5 Å². The second kappa shape index (κ2) is 10.9. The molecule has 0 aromatic carbocycles. The number of carbonyl (C=O) groups is 2. The zero-order valence-corrected chi connectivity index (χ0v) is 22.0. The van der Waals surface area contributed by atoms with Crippen LogP contribution in [0.25, 0.3) is 15.3 Å². The third-order valence-electron chi connectivity index (χ3n) is 6.75. The number of anilines is 1. The van der Waals surface area contributed by atoms with Crippen molar-refractivity contribution in [2.24, 2.45) is 0 Å². The Morgan fingerprint density at radius 1 is 1.25 bits per heavy atom. The van der Waals surface area contributed by atoms with Gasteiger partial charge in [0.15, 0.2) is 5.01 Å². The van der Waals surface area contributed by atoms with Crippen LogP contribution in [-0.4, -0.2) is 62.6 Å². The van der Waals surface area contributed by atoms with Crippen LogP contribution in [0.3, 0.4) is 0 Å². The minimum Gasteiger partial charge on any atom is -0.389 e. The van der Waals surface area contributed by atoms with Gasteiger partial charge in [-0.15, -0.1) is 11.3 Å². The number of aromatic nitrogens is 2. The molecular formula is C26H34N6O3S. The van der Waals surface area contributed by atoms with Gasteiger partial charge in [0, 0.05) is 36.9 Å². The van der Waals surface area contributed by atoms with E-state index >= 15 is 0 Å². The van der Waals surface area contributed by atoms with Crippen molar-refractivity contribution < 1.29 is 14.7 Å². The summed E-state index contributed by atoms with van der Waals surface area (Å²) < 4.78 is 0. The number of hydrogen-bond donors (Lipinski definition) is 3. The van der Waals surface area contributed by atoms with Gasteiger partial charge in [0.2, 0.25) is 5.69 Å². The molecule has 0 radical (unpaired) electrons. The van der Waals surface area contributed by atoms with Crippen LogP contribution in [0, 0.1) is 6.57 Å². The lowest BCUT2D eigenvalue weighted by atomic mass is 9.95. The van der Waals surface area contributed by atoms with E-state index in [1.54, 1.807) is 31.0 Å². The first kappa shape index (κ1) is 26.0. The molecule has 3 heterocycles. The first-order valence-electron chi connectivity index (χ1n) is 12.6. The van der Waals surface area contributed by atoms with Crippen LogP contribution in [0.5, 0.6) is 0 Å². The molecule has 0 bridgehead atoms. The minimum absolute atomic E-state index is 0.0468. The van der Waals surface area contributed by atoms with Gasteiger partial charge in [0.1, 0.15) is 11.5 Å². The monoisotopic (exact) mass is 510 g/mol. The molecule has 10 heteroatoms. The van der Waals surface area contributed by atoms with Crippen molar-refractivity contribution in [2.45, 2.75) is 83.4 Å². The van der Waals surface area contributed by atoms with Gasteiger partial charge in [-0.2, -0.15) is 0 Å². The molecule has 1 aliphatic carbocycles. The molecule has 3 N–H and O–H groups in total. The Morgan fingerprint density at radius 2 is 2.00 bits per heavy atom. The Bertz CT molecular complexity index is 1160. The van der Waals surface area contributed by atoms with Crippen molar-refractivity contribution in [2.75, 3.05) is 18.4 Å². The highest BCUT2D eigenvalue weighted by Gasteiger charge is 2.32. The average Bonchev–Trinajstić information content (AvgIpc) is 3.49. The molecule has 1 aliphatic heterocycles. The largest absolute Gasteiger partial charge is 0.389 e. The molecule has 192 valence electrons. The van der Waals surface area contributed by atoms with Crippen molar-refractivity contribution in [1.29, 1.82) is 0 Å². The molecule has 2 aliphatic rings. The lowest BCUT2D eigenvalue weighted by molar-refractivity contribution is 0.0692. The summed E-state index contributed by atoms with van der Waals surface area (Å²) in [5.41, 5.74) is -0.0188. The highest BCUT2D eigenvalue weighted by atomic mass is 32.1. The summed E-state index contributed by atoms with van der Waals surface area (Å²) in [4.78, 5) is 41.5. The molecule has 1 saturated carbocycles. The van der Waals surface area contributed by atoms with Gasteiger partial charge >= 0.3 is 0 Å². The van der Waals surface area contributed by atoms with Gasteiger partial charge in [-0.05, 0) is 52.5 Å². The number of carbonyl (C=O) groups excluding carboxylic acids is 2. The number of pyridine rings is 1. The minimum atomic E-state index is -1.08. The quantitative estimate of drug-likeness (QED) is 0.469. The van der Waals surface area contributed by atoms with Gasteiger partial charge in [0.25, 0.3) is 11.8 Å². The number of thiazole rings is 1. The number of nitrogens with one attached hydrogen (secondary N) is 2. The molecule has 0 spiro atoms. The second-order valence-corrected chi connectivity index (χ2v) is 11.3. The third kappa shape index (κ3) is 5.85. The fourth-order valence-corrected chi connectivity index (χ4v) is 5.78. The van der Waals surface area contributed by atoms with Crippen LogP contribution in [0.15, 0.2) is 12.3 Å². The molecule has 1 atom stereocenters. The first-order chi connectivity index (χ1) is 17.2. The maximum Gasteiger partial charge on any atom is 0.280 e. The summed E-state index contributed by atoms with van der Waals surface area (Å²) >= 11 is 1.09. The van der Waals surface area contributed by atoms with Crippen molar-refractivity contribution >= 4 is 34.7 Å². The summed E-state index contributed by atoms with van der Waals surface area (Å²) in [5.74, 6) is -0.193. The Kier molecular flexibility index (Phi) is 7.91. The fourth-order valence-electron chi connectivity index (χ4n) is 4.78. The number of hydrogen-bond acceptors (Lipinski definition) is 7. The van der Waals surface area contributed by atoms with Crippen LogP contribution in [-0.2, 0) is 0 Å². The smallest absolute Gasteiger partial charge is 0.280 e. The Balaban J connectivity index is 1.74. The Morgan fingerprint density at radius 3 is 2.64 bits per heavy atom. The van der Waals surface area contributed by atoms with E-state index in [0.29, 0.717) is 28.5 Å². The molecule has 0 unspecified atom stereocenters. The van der Waals surface area contributed by atoms with Gasteiger partial charge in [-0.1, -0.05) is 19.3 Å². The average molecular weight is 511 g/mol. The maximum absolute atomic E-state index is 13.6. The standard InChI is InChI=1S/C26H34N6O3S/c1-16-9-8-14-32(16)25(34)20-21(36-24(31-20)23(33)29-15-26(2,3)35)18-12-13-28-22(19(18)27-4)30-17-10-6-5-7-11-17/h12-13,16-17,35H,5-11,14-15H2,1-3H3,(H,28,30)(H,29,33)/t16-/m0/s1. The van der Waals surface area contributed by atoms with Gasteiger partial charge < -0.3 is 20.6 Å². The summed E-state index contributed by atoms with van der Waals surface area (Å²) in [6, 6.07) is 2.06. The zero-order chi connectivity index (χ0) is 25.9. The first-order valence-corrected chi connectivity index (χ1v) is 13.5. The Labute approximate surface area is 216 Å². The number of likely N-dealkylation sites (tertiary alicyclic amines) is 1. The normalized spacial score (nSPS) is 18.6. The molecule has 2 fully saturated rings. The van der Waals surface area contributed by atoms with Crippen molar-refractivity contribution in [3.8, 4) is 10.4 Å². The number of aliphatic hydroxyl groups is 1. The van der Waals surface area contributed by atoms with E-state index < -0.39 is 11.5 Å². The predicted octanol–water partition coefficient (Wildman–Crippen LogP) is 4.63. The van der Waals surface area contributed by atoms with Crippen LogP contribution < -0.4 is 10.6 Å². The Hall–Kier alpha value is -3.03. The molecule has 2 aromatic heterocycles. The molecule has 36 heavy (non-hydrogen) atoms. The van der Waals surface area contributed by atoms with Crippen molar-refractivity contribution in [3.63, 3.8) is 0 Å². The number of nitrogens with zero attached hydrogens (tertiary/aromatic N) is 4.